The molecule has 138 valence electrons. The zero-order chi connectivity index (χ0) is 18.0. The Morgan fingerprint density at radius 3 is 2.08 bits per heavy atom. The molecule has 0 radical (unpaired) electrons. The largest absolute Gasteiger partial charge is 0.497 e. The second kappa shape index (κ2) is 7.49. The minimum absolute atomic E-state index is 0.125. The molecule has 2 fully saturated rings. The number of benzene rings is 1. The highest BCUT2D eigenvalue weighted by Crippen LogP contribution is 2.36. The molecule has 7 heteroatoms. The third-order valence-electron chi connectivity index (χ3n) is 5.25. The highest BCUT2D eigenvalue weighted by atomic mass is 16.5. The summed E-state index contributed by atoms with van der Waals surface area (Å²) >= 11 is 0. The van der Waals surface area contributed by atoms with Gasteiger partial charge in [-0.3, -0.25) is 0 Å². The molecule has 7 nitrogen and oxygen atoms in total. The fourth-order valence-electron chi connectivity index (χ4n) is 3.83. The van der Waals surface area contributed by atoms with Crippen LogP contribution in [0.5, 0.6) is 11.5 Å². The van der Waals surface area contributed by atoms with E-state index < -0.39 is 12.2 Å². The van der Waals surface area contributed by atoms with Crippen molar-refractivity contribution in [2.24, 2.45) is 11.8 Å². The van der Waals surface area contributed by atoms with Crippen LogP contribution in [0.25, 0.3) is 0 Å². The maximum atomic E-state index is 12.5. The summed E-state index contributed by atoms with van der Waals surface area (Å²) in [6.07, 6.45) is -0.229. The first-order chi connectivity index (χ1) is 12.0. The Bertz CT molecular complexity index is 583. The molecule has 1 saturated heterocycles. The van der Waals surface area contributed by atoms with Crippen LogP contribution in [-0.2, 0) is 6.54 Å². The van der Waals surface area contributed by atoms with E-state index in [4.69, 9.17) is 9.47 Å². The fraction of sp³-hybridized carbons (Fsp3) is 0.611. The number of carbonyl (C=O) groups excluding carboxylic acids is 1. The highest BCUT2D eigenvalue weighted by molar-refractivity contribution is 5.74. The quantitative estimate of drug-likeness (QED) is 0.753. The first kappa shape index (κ1) is 17.8. The van der Waals surface area contributed by atoms with Gasteiger partial charge < -0.3 is 29.9 Å². The van der Waals surface area contributed by atoms with Crippen LogP contribution in [0.2, 0.25) is 0 Å². The molecular weight excluding hydrogens is 324 g/mol. The summed E-state index contributed by atoms with van der Waals surface area (Å²) in [5.74, 6) is 1.89. The standard InChI is InChI=1S/C18H26N2O5/c1-24-14-3-11(4-15(7-14)25-2)8-19-18(23)20-9-12-5-16(21)17(22)6-13(12)10-20/h3-4,7,12-13,16-17,21-22H,5-6,8-10H2,1-2H3,(H,19,23)/t12-,13+,16-,17-/m0/s1. The van der Waals surface area contributed by atoms with Crippen LogP contribution in [0.15, 0.2) is 18.2 Å². The normalized spacial score (nSPS) is 28.4. The van der Waals surface area contributed by atoms with E-state index in [0.29, 0.717) is 44.0 Å². The number of rotatable bonds is 4. The number of hydrogen-bond donors (Lipinski definition) is 3. The summed E-state index contributed by atoms with van der Waals surface area (Å²) in [5.41, 5.74) is 0.895. The lowest BCUT2D eigenvalue weighted by molar-refractivity contribution is -0.0372. The number of ether oxygens (including phenoxy) is 2. The molecule has 3 N–H and O–H groups in total. The van der Waals surface area contributed by atoms with Crippen LogP contribution in [-0.4, -0.2) is 60.7 Å². The molecule has 2 amide bonds. The first-order valence-electron chi connectivity index (χ1n) is 8.61. The lowest BCUT2D eigenvalue weighted by atomic mass is 9.79. The smallest absolute Gasteiger partial charge is 0.317 e. The first-order valence-corrected chi connectivity index (χ1v) is 8.61. The number of nitrogens with zero attached hydrogens (tertiary/aromatic N) is 1. The molecule has 1 aliphatic carbocycles. The molecule has 1 heterocycles. The van der Waals surface area contributed by atoms with Gasteiger partial charge in [0, 0.05) is 25.7 Å². The maximum Gasteiger partial charge on any atom is 0.317 e. The van der Waals surface area contributed by atoms with E-state index in [1.54, 1.807) is 25.2 Å². The molecule has 2 aliphatic rings. The molecule has 25 heavy (non-hydrogen) atoms. The predicted molar refractivity (Wildman–Crippen MR) is 91.6 cm³/mol. The molecule has 3 rings (SSSR count). The van der Waals surface area contributed by atoms with E-state index in [1.807, 2.05) is 12.1 Å². The van der Waals surface area contributed by atoms with Gasteiger partial charge in [-0.1, -0.05) is 0 Å². The Hall–Kier alpha value is -1.99. The zero-order valence-electron chi connectivity index (χ0n) is 14.6. The molecule has 4 atom stereocenters. The van der Waals surface area contributed by atoms with Crippen molar-refractivity contribution in [3.63, 3.8) is 0 Å². The van der Waals surface area contributed by atoms with E-state index in [1.165, 1.54) is 0 Å². The molecule has 0 spiro atoms. The number of urea groups is 1. The molecule has 0 bridgehead atoms. The minimum Gasteiger partial charge on any atom is -0.497 e. The highest BCUT2D eigenvalue weighted by Gasteiger charge is 2.42. The second-order valence-electron chi connectivity index (χ2n) is 6.91. The fourth-order valence-corrected chi connectivity index (χ4v) is 3.83. The molecule has 0 unspecified atom stereocenters. The van der Waals surface area contributed by atoms with Gasteiger partial charge in [0.25, 0.3) is 0 Å². The Balaban J connectivity index is 1.57. The average molecular weight is 350 g/mol. The Labute approximate surface area is 147 Å². The van der Waals surface area contributed by atoms with Crippen molar-refractivity contribution in [2.45, 2.75) is 31.6 Å². The Morgan fingerprint density at radius 2 is 1.60 bits per heavy atom. The lowest BCUT2D eigenvalue weighted by Crippen LogP contribution is -2.38. The minimum atomic E-state index is -0.673. The molecule has 1 saturated carbocycles. The third kappa shape index (κ3) is 3.99. The van der Waals surface area contributed by atoms with Crippen LogP contribution < -0.4 is 14.8 Å². The zero-order valence-corrected chi connectivity index (χ0v) is 14.6. The van der Waals surface area contributed by atoms with Gasteiger partial charge in [-0.25, -0.2) is 4.79 Å². The van der Waals surface area contributed by atoms with Crippen molar-refractivity contribution in [3.8, 4) is 11.5 Å². The van der Waals surface area contributed by atoms with Crippen LogP contribution >= 0.6 is 0 Å². The Kier molecular flexibility index (Phi) is 5.34. The molecule has 1 aromatic carbocycles. The van der Waals surface area contributed by atoms with Crippen molar-refractivity contribution in [1.82, 2.24) is 10.2 Å². The molecular formula is C18H26N2O5. The number of carbonyl (C=O) groups is 1. The van der Waals surface area contributed by atoms with E-state index in [0.717, 1.165) is 5.56 Å². The number of hydrogen-bond acceptors (Lipinski definition) is 5. The van der Waals surface area contributed by atoms with E-state index >= 15 is 0 Å². The van der Waals surface area contributed by atoms with Crippen molar-refractivity contribution in [3.05, 3.63) is 23.8 Å². The number of aliphatic hydroxyl groups excluding tert-OH is 2. The van der Waals surface area contributed by atoms with Crippen molar-refractivity contribution >= 4 is 6.03 Å². The predicted octanol–water partition coefficient (Wildman–Crippen LogP) is 0.977. The van der Waals surface area contributed by atoms with Gasteiger partial charge in [0.1, 0.15) is 11.5 Å². The van der Waals surface area contributed by atoms with Crippen molar-refractivity contribution < 1.29 is 24.5 Å². The topological polar surface area (TPSA) is 91.3 Å². The van der Waals surface area contributed by atoms with Crippen molar-refractivity contribution in [2.75, 3.05) is 27.3 Å². The van der Waals surface area contributed by atoms with Crippen LogP contribution in [0.4, 0.5) is 4.79 Å². The summed E-state index contributed by atoms with van der Waals surface area (Å²) < 4.78 is 10.5. The maximum absolute atomic E-state index is 12.5. The SMILES string of the molecule is COc1cc(CNC(=O)N2C[C@H]3C[C@H](O)[C@@H](O)C[C@H]3C2)cc(OC)c1. The van der Waals surface area contributed by atoms with Gasteiger partial charge >= 0.3 is 6.03 Å². The number of likely N-dealkylation sites (tertiary alicyclic amines) is 1. The second-order valence-corrected chi connectivity index (χ2v) is 6.91. The van der Waals surface area contributed by atoms with Crippen LogP contribution in [0, 0.1) is 11.8 Å². The van der Waals surface area contributed by atoms with E-state index in [2.05, 4.69) is 5.32 Å². The van der Waals surface area contributed by atoms with Crippen LogP contribution in [0.1, 0.15) is 18.4 Å². The summed E-state index contributed by atoms with van der Waals surface area (Å²) in [7, 11) is 3.18. The van der Waals surface area contributed by atoms with Gasteiger partial charge in [0.15, 0.2) is 0 Å². The van der Waals surface area contributed by atoms with Gasteiger partial charge in [0.2, 0.25) is 0 Å². The number of aliphatic hydroxyl groups is 2. The lowest BCUT2D eigenvalue weighted by Gasteiger charge is -2.31. The third-order valence-corrected chi connectivity index (χ3v) is 5.25. The number of amides is 2. The summed E-state index contributed by atoms with van der Waals surface area (Å²) in [4.78, 5) is 14.2. The number of fused-ring (bicyclic) bond motifs is 1. The molecule has 1 aliphatic heterocycles. The number of methoxy groups -OCH3 is 2. The Morgan fingerprint density at radius 1 is 1.08 bits per heavy atom. The van der Waals surface area contributed by atoms with E-state index in [9.17, 15) is 15.0 Å². The van der Waals surface area contributed by atoms with Gasteiger partial charge in [-0.05, 0) is 42.4 Å². The average Bonchev–Trinajstić information content (AvgIpc) is 3.02. The monoisotopic (exact) mass is 350 g/mol. The molecule has 0 aromatic heterocycles. The number of nitrogens with one attached hydrogen (secondary N) is 1. The summed E-state index contributed by atoms with van der Waals surface area (Å²) in [6, 6.07) is 5.38. The van der Waals surface area contributed by atoms with Crippen LogP contribution in [0.3, 0.4) is 0 Å². The van der Waals surface area contributed by atoms with Gasteiger partial charge in [-0.15, -0.1) is 0 Å². The molecule has 1 aromatic rings. The summed E-state index contributed by atoms with van der Waals surface area (Å²) in [5, 5.41) is 22.5. The van der Waals surface area contributed by atoms with Crippen molar-refractivity contribution in [1.29, 1.82) is 0 Å². The van der Waals surface area contributed by atoms with Gasteiger partial charge in [0.05, 0.1) is 26.4 Å². The van der Waals surface area contributed by atoms with Gasteiger partial charge in [-0.2, -0.15) is 0 Å². The summed E-state index contributed by atoms with van der Waals surface area (Å²) in [6.45, 7) is 1.63. The van der Waals surface area contributed by atoms with E-state index in [-0.39, 0.29) is 17.9 Å².